The second kappa shape index (κ2) is 4.88. The quantitative estimate of drug-likeness (QED) is 0.464. The molecule has 0 aliphatic rings. The summed E-state index contributed by atoms with van der Waals surface area (Å²) in [5, 5.41) is 0. The van der Waals surface area contributed by atoms with Gasteiger partial charge in [0.25, 0.3) is 3.79 Å². The summed E-state index contributed by atoms with van der Waals surface area (Å²) in [7, 11) is 0. The van der Waals surface area contributed by atoms with Crippen molar-refractivity contribution in [3.8, 4) is 5.75 Å². The molecular formula is C10H7Cl3O2. The first-order valence-electron chi connectivity index (χ1n) is 3.95. The van der Waals surface area contributed by atoms with E-state index in [4.69, 9.17) is 39.5 Å². The van der Waals surface area contributed by atoms with E-state index >= 15 is 0 Å². The van der Waals surface area contributed by atoms with Gasteiger partial charge in [0, 0.05) is 0 Å². The summed E-state index contributed by atoms with van der Waals surface area (Å²) >= 11 is 16.0. The zero-order valence-electron chi connectivity index (χ0n) is 7.54. The molecule has 15 heavy (non-hydrogen) atoms. The second-order valence-corrected chi connectivity index (χ2v) is 4.94. The molecule has 0 heterocycles. The van der Waals surface area contributed by atoms with Crippen LogP contribution in [0.3, 0.4) is 0 Å². The minimum atomic E-state index is -2.06. The van der Waals surface area contributed by atoms with Gasteiger partial charge in [0.15, 0.2) is 0 Å². The van der Waals surface area contributed by atoms with E-state index in [9.17, 15) is 4.79 Å². The van der Waals surface area contributed by atoms with Gasteiger partial charge in [0.05, 0.1) is 0 Å². The Hall–Kier alpha value is -0.700. The highest BCUT2D eigenvalue weighted by molar-refractivity contribution is 6.75. The summed E-state index contributed by atoms with van der Waals surface area (Å²) in [6.45, 7) is 3.59. The van der Waals surface area contributed by atoms with E-state index in [0.29, 0.717) is 5.75 Å². The maximum Gasteiger partial charge on any atom is 0.363 e. The Labute approximate surface area is 102 Å². The third-order valence-electron chi connectivity index (χ3n) is 1.56. The zero-order valence-corrected chi connectivity index (χ0v) is 9.81. The van der Waals surface area contributed by atoms with Crippen LogP contribution in [0.15, 0.2) is 30.8 Å². The Kier molecular flexibility index (Phi) is 4.03. The average Bonchev–Trinajstić information content (AvgIpc) is 2.17. The molecule has 0 atom stereocenters. The number of esters is 1. The van der Waals surface area contributed by atoms with E-state index in [1.807, 2.05) is 0 Å². The van der Waals surface area contributed by atoms with Gasteiger partial charge >= 0.3 is 5.97 Å². The van der Waals surface area contributed by atoms with Crippen LogP contribution in [0.2, 0.25) is 0 Å². The highest BCUT2D eigenvalue weighted by atomic mass is 35.6. The van der Waals surface area contributed by atoms with E-state index in [0.717, 1.165) is 5.56 Å². The number of alkyl halides is 3. The molecule has 0 amide bonds. The average molecular weight is 266 g/mol. The van der Waals surface area contributed by atoms with Gasteiger partial charge in [-0.1, -0.05) is 59.6 Å². The van der Waals surface area contributed by atoms with Gasteiger partial charge in [-0.25, -0.2) is 4.79 Å². The Morgan fingerprint density at radius 3 is 2.20 bits per heavy atom. The molecule has 5 heteroatoms. The molecule has 1 rings (SSSR count). The molecule has 0 fully saturated rings. The van der Waals surface area contributed by atoms with E-state index in [2.05, 4.69) is 6.58 Å². The Morgan fingerprint density at radius 1 is 1.27 bits per heavy atom. The van der Waals surface area contributed by atoms with Crippen LogP contribution in [0.4, 0.5) is 0 Å². The molecule has 0 saturated carbocycles. The van der Waals surface area contributed by atoms with E-state index in [1.54, 1.807) is 30.3 Å². The number of hydrogen-bond donors (Lipinski definition) is 0. The number of ether oxygens (including phenoxy) is 1. The minimum Gasteiger partial charge on any atom is -0.423 e. The van der Waals surface area contributed by atoms with E-state index < -0.39 is 9.76 Å². The van der Waals surface area contributed by atoms with Crippen LogP contribution in [-0.4, -0.2) is 9.76 Å². The molecule has 0 saturated heterocycles. The fourth-order valence-corrected chi connectivity index (χ4v) is 0.953. The number of hydrogen-bond acceptors (Lipinski definition) is 2. The largest absolute Gasteiger partial charge is 0.423 e. The van der Waals surface area contributed by atoms with Crippen LogP contribution in [0.5, 0.6) is 5.75 Å². The lowest BCUT2D eigenvalue weighted by molar-refractivity contribution is -0.133. The molecule has 0 N–H and O–H groups in total. The lowest BCUT2D eigenvalue weighted by Gasteiger charge is -2.09. The van der Waals surface area contributed by atoms with Crippen LogP contribution in [0.25, 0.3) is 6.08 Å². The maximum absolute atomic E-state index is 11.2. The third-order valence-corrected chi connectivity index (χ3v) is 2.02. The SMILES string of the molecule is C=Cc1ccc(OC(=O)C(Cl)(Cl)Cl)cc1. The number of carbonyl (C=O) groups is 1. The van der Waals surface area contributed by atoms with Crippen molar-refractivity contribution in [2.24, 2.45) is 0 Å². The zero-order chi connectivity index (χ0) is 11.5. The summed E-state index contributed by atoms with van der Waals surface area (Å²) in [5.74, 6) is -0.615. The minimum absolute atomic E-state index is 0.317. The van der Waals surface area contributed by atoms with Crippen molar-refractivity contribution in [2.75, 3.05) is 0 Å². The lowest BCUT2D eigenvalue weighted by Crippen LogP contribution is -2.24. The number of carbonyl (C=O) groups excluding carboxylic acids is 1. The van der Waals surface area contributed by atoms with Gasteiger partial charge in [-0.15, -0.1) is 0 Å². The van der Waals surface area contributed by atoms with Crippen LogP contribution in [-0.2, 0) is 4.79 Å². The summed E-state index contributed by atoms with van der Waals surface area (Å²) in [4.78, 5) is 11.2. The number of benzene rings is 1. The third kappa shape index (κ3) is 3.74. The van der Waals surface area contributed by atoms with Crippen molar-refractivity contribution in [1.29, 1.82) is 0 Å². The monoisotopic (exact) mass is 264 g/mol. The molecule has 0 aliphatic carbocycles. The molecule has 0 bridgehead atoms. The Morgan fingerprint density at radius 2 is 1.80 bits per heavy atom. The summed E-state index contributed by atoms with van der Waals surface area (Å²) in [6.07, 6.45) is 1.67. The van der Waals surface area contributed by atoms with Crippen molar-refractivity contribution in [1.82, 2.24) is 0 Å². The molecule has 0 unspecified atom stereocenters. The molecule has 1 aromatic carbocycles. The molecule has 1 aromatic rings. The number of halogens is 3. The standard InChI is InChI=1S/C10H7Cl3O2/c1-2-7-3-5-8(6-4-7)15-9(14)10(11,12)13/h2-6H,1H2. The fourth-order valence-electron chi connectivity index (χ4n) is 0.837. The second-order valence-electron chi connectivity index (χ2n) is 2.66. The highest BCUT2D eigenvalue weighted by Gasteiger charge is 2.33. The van der Waals surface area contributed by atoms with Crippen LogP contribution in [0.1, 0.15) is 5.56 Å². The molecule has 0 spiro atoms. The van der Waals surface area contributed by atoms with Crippen molar-refractivity contribution in [3.63, 3.8) is 0 Å². The Balaban J connectivity index is 2.74. The molecule has 2 nitrogen and oxygen atoms in total. The lowest BCUT2D eigenvalue weighted by atomic mass is 10.2. The van der Waals surface area contributed by atoms with Crippen molar-refractivity contribution >= 4 is 46.8 Å². The van der Waals surface area contributed by atoms with Gasteiger partial charge in [0.2, 0.25) is 0 Å². The van der Waals surface area contributed by atoms with Crippen LogP contribution < -0.4 is 4.74 Å². The first-order valence-corrected chi connectivity index (χ1v) is 5.08. The van der Waals surface area contributed by atoms with Crippen LogP contribution >= 0.6 is 34.8 Å². The van der Waals surface area contributed by atoms with E-state index in [-0.39, 0.29) is 0 Å². The predicted molar refractivity (Wildman–Crippen MR) is 62.5 cm³/mol. The maximum atomic E-state index is 11.2. The smallest absolute Gasteiger partial charge is 0.363 e. The molecule has 0 aromatic heterocycles. The normalized spacial score (nSPS) is 10.9. The molecule has 0 aliphatic heterocycles. The van der Waals surface area contributed by atoms with Gasteiger partial charge in [-0.3, -0.25) is 0 Å². The Bertz CT molecular complexity index is 365. The highest BCUT2D eigenvalue weighted by Crippen LogP contribution is 2.28. The molecule has 80 valence electrons. The first-order chi connectivity index (χ1) is 6.93. The van der Waals surface area contributed by atoms with Crippen molar-refractivity contribution in [3.05, 3.63) is 36.4 Å². The van der Waals surface area contributed by atoms with Crippen molar-refractivity contribution < 1.29 is 9.53 Å². The summed E-state index contributed by atoms with van der Waals surface area (Å²) in [6, 6.07) is 6.64. The molecular weight excluding hydrogens is 258 g/mol. The first kappa shape index (κ1) is 12.4. The van der Waals surface area contributed by atoms with Gasteiger partial charge in [-0.05, 0) is 17.7 Å². The van der Waals surface area contributed by atoms with E-state index in [1.165, 1.54) is 0 Å². The van der Waals surface area contributed by atoms with Gasteiger partial charge in [0.1, 0.15) is 5.75 Å². The fraction of sp³-hybridized carbons (Fsp3) is 0.100. The summed E-state index contributed by atoms with van der Waals surface area (Å²) in [5.41, 5.74) is 0.906. The summed E-state index contributed by atoms with van der Waals surface area (Å²) < 4.78 is 2.75. The molecule has 0 radical (unpaired) electrons. The predicted octanol–water partition coefficient (Wildman–Crippen LogP) is 3.61. The van der Waals surface area contributed by atoms with Gasteiger partial charge < -0.3 is 4.74 Å². The van der Waals surface area contributed by atoms with Crippen molar-refractivity contribution in [2.45, 2.75) is 3.79 Å². The number of rotatable bonds is 2. The van der Waals surface area contributed by atoms with Crippen LogP contribution in [0, 0.1) is 0 Å². The topological polar surface area (TPSA) is 26.3 Å². The van der Waals surface area contributed by atoms with Gasteiger partial charge in [-0.2, -0.15) is 0 Å².